The van der Waals surface area contributed by atoms with E-state index in [1.54, 1.807) is 19.2 Å². The quantitative estimate of drug-likeness (QED) is 0.468. The van der Waals surface area contributed by atoms with E-state index in [2.05, 4.69) is 10.0 Å². The molecular formula is C17H26N4O6S. The van der Waals surface area contributed by atoms with Crippen LogP contribution in [0.5, 0.6) is 0 Å². The zero-order valence-corrected chi connectivity index (χ0v) is 16.8. The third-order valence-corrected chi connectivity index (χ3v) is 4.85. The number of ether oxygens (including phenoxy) is 1. The van der Waals surface area contributed by atoms with Crippen LogP contribution in [0.15, 0.2) is 18.2 Å². The summed E-state index contributed by atoms with van der Waals surface area (Å²) in [6.45, 7) is 3.54. The maximum atomic E-state index is 11.9. The normalized spacial score (nSPS) is 15.3. The third kappa shape index (κ3) is 6.66. The average molecular weight is 414 g/mol. The predicted octanol–water partition coefficient (Wildman–Crippen LogP) is -0.359. The maximum absolute atomic E-state index is 11.9. The molecule has 1 fully saturated rings. The number of carbonyl (C=O) groups excluding carboxylic acids is 1. The Bertz CT molecular complexity index is 806. The van der Waals surface area contributed by atoms with Crippen LogP contribution in [0.1, 0.15) is 10.4 Å². The van der Waals surface area contributed by atoms with E-state index < -0.39 is 16.0 Å². The number of methoxy groups -OCH3 is 1. The molecule has 1 amide bonds. The first-order valence-corrected chi connectivity index (χ1v) is 10.7. The second kappa shape index (κ2) is 9.71. The highest BCUT2D eigenvalue weighted by molar-refractivity contribution is 7.92. The highest BCUT2D eigenvalue weighted by Gasteiger charge is 2.23. The average Bonchev–Trinajstić information content (AvgIpc) is 2.61. The van der Waals surface area contributed by atoms with Gasteiger partial charge in [-0.2, -0.15) is 0 Å². The number of carboxylic acids is 1. The number of aromatic carboxylic acids is 1. The monoisotopic (exact) mass is 414 g/mol. The van der Waals surface area contributed by atoms with Crippen LogP contribution in [0.25, 0.3) is 0 Å². The number of benzene rings is 1. The summed E-state index contributed by atoms with van der Waals surface area (Å²) in [5.41, 5.74) is 0.755. The second-order valence-corrected chi connectivity index (χ2v) is 8.27. The number of amides is 1. The van der Waals surface area contributed by atoms with Crippen molar-refractivity contribution in [1.82, 2.24) is 10.2 Å². The van der Waals surface area contributed by atoms with Crippen LogP contribution in [-0.4, -0.2) is 89.5 Å². The van der Waals surface area contributed by atoms with Crippen LogP contribution in [0, 0.1) is 0 Å². The van der Waals surface area contributed by atoms with Crippen molar-refractivity contribution in [2.45, 2.75) is 0 Å². The molecule has 3 N–H and O–H groups in total. The van der Waals surface area contributed by atoms with Crippen molar-refractivity contribution in [2.24, 2.45) is 0 Å². The summed E-state index contributed by atoms with van der Waals surface area (Å²) < 4.78 is 29.9. The van der Waals surface area contributed by atoms with Crippen LogP contribution in [0.2, 0.25) is 0 Å². The summed E-state index contributed by atoms with van der Waals surface area (Å²) in [4.78, 5) is 27.4. The largest absolute Gasteiger partial charge is 0.478 e. The Morgan fingerprint density at radius 1 is 1.21 bits per heavy atom. The molecule has 0 atom stereocenters. The Morgan fingerprint density at radius 2 is 1.89 bits per heavy atom. The molecule has 2 rings (SSSR count). The topological polar surface area (TPSA) is 128 Å². The first-order valence-electron chi connectivity index (χ1n) is 8.77. The fourth-order valence-electron chi connectivity index (χ4n) is 2.96. The molecule has 1 heterocycles. The van der Waals surface area contributed by atoms with Crippen molar-refractivity contribution in [2.75, 3.05) is 68.9 Å². The molecule has 0 bridgehead atoms. The minimum Gasteiger partial charge on any atom is -0.478 e. The van der Waals surface area contributed by atoms with Gasteiger partial charge in [-0.15, -0.1) is 0 Å². The fraction of sp³-hybridized carbons (Fsp3) is 0.529. The van der Waals surface area contributed by atoms with Crippen LogP contribution >= 0.6 is 0 Å². The minimum absolute atomic E-state index is 0.0272. The lowest BCUT2D eigenvalue weighted by atomic mass is 10.1. The number of rotatable bonds is 9. The van der Waals surface area contributed by atoms with Gasteiger partial charge >= 0.3 is 5.97 Å². The zero-order chi connectivity index (χ0) is 20.7. The molecule has 0 saturated carbocycles. The van der Waals surface area contributed by atoms with E-state index >= 15 is 0 Å². The summed E-state index contributed by atoms with van der Waals surface area (Å²) in [6.07, 6.45) is 1.01. The van der Waals surface area contributed by atoms with E-state index in [4.69, 9.17) is 4.74 Å². The van der Waals surface area contributed by atoms with Crippen LogP contribution in [0.3, 0.4) is 0 Å². The SMILES string of the molecule is COCCNC(=O)CN1CCN(c2ccc(NS(C)(=O)=O)cc2C(=O)O)CC1. The van der Waals surface area contributed by atoms with Gasteiger partial charge in [-0.3, -0.25) is 14.4 Å². The summed E-state index contributed by atoms with van der Waals surface area (Å²) in [7, 11) is -1.92. The highest BCUT2D eigenvalue weighted by atomic mass is 32.2. The summed E-state index contributed by atoms with van der Waals surface area (Å²) in [5.74, 6) is -1.21. The van der Waals surface area contributed by atoms with Gasteiger partial charge in [0.1, 0.15) is 0 Å². The molecule has 1 aliphatic heterocycles. The standard InChI is InChI=1S/C17H26N4O6S/c1-27-10-5-18-16(22)12-20-6-8-21(9-7-20)15-4-3-13(19-28(2,25)26)11-14(15)17(23)24/h3-4,11,19H,5-10,12H2,1-2H3,(H,18,22)(H,23,24). The molecule has 0 aromatic heterocycles. The van der Waals surface area contributed by atoms with Gasteiger partial charge in [0, 0.05) is 45.5 Å². The fourth-order valence-corrected chi connectivity index (χ4v) is 3.51. The van der Waals surface area contributed by atoms with Gasteiger partial charge in [0.2, 0.25) is 15.9 Å². The van der Waals surface area contributed by atoms with E-state index in [0.29, 0.717) is 45.0 Å². The third-order valence-electron chi connectivity index (χ3n) is 4.24. The molecule has 1 saturated heterocycles. The molecule has 10 nitrogen and oxygen atoms in total. The molecule has 1 aromatic rings. The molecule has 0 aliphatic carbocycles. The van der Waals surface area contributed by atoms with Crippen molar-refractivity contribution in [3.63, 3.8) is 0 Å². The van der Waals surface area contributed by atoms with Gasteiger partial charge in [-0.25, -0.2) is 13.2 Å². The lowest BCUT2D eigenvalue weighted by molar-refractivity contribution is -0.122. The molecule has 0 radical (unpaired) electrons. The first-order chi connectivity index (χ1) is 13.2. The highest BCUT2D eigenvalue weighted by Crippen LogP contribution is 2.26. The molecule has 156 valence electrons. The van der Waals surface area contributed by atoms with Crippen molar-refractivity contribution >= 4 is 33.3 Å². The van der Waals surface area contributed by atoms with E-state index in [0.717, 1.165) is 6.26 Å². The number of sulfonamides is 1. The van der Waals surface area contributed by atoms with Crippen LogP contribution < -0.4 is 14.9 Å². The van der Waals surface area contributed by atoms with Crippen LogP contribution in [-0.2, 0) is 19.6 Å². The van der Waals surface area contributed by atoms with E-state index in [1.807, 2.05) is 9.80 Å². The molecule has 0 unspecified atom stereocenters. The maximum Gasteiger partial charge on any atom is 0.337 e. The molecule has 1 aliphatic rings. The van der Waals surface area contributed by atoms with Gasteiger partial charge < -0.3 is 20.1 Å². The Kier molecular flexibility index (Phi) is 7.61. The number of anilines is 2. The Balaban J connectivity index is 1.99. The van der Waals surface area contributed by atoms with Gasteiger partial charge in [0.15, 0.2) is 0 Å². The number of hydrogen-bond donors (Lipinski definition) is 3. The summed E-state index contributed by atoms with van der Waals surface area (Å²) in [5, 5.41) is 12.3. The lowest BCUT2D eigenvalue weighted by Gasteiger charge is -2.36. The molecule has 11 heteroatoms. The van der Waals surface area contributed by atoms with E-state index in [9.17, 15) is 23.1 Å². The predicted molar refractivity (Wildman–Crippen MR) is 105 cm³/mol. The second-order valence-electron chi connectivity index (χ2n) is 6.52. The number of carbonyl (C=O) groups is 2. The van der Waals surface area contributed by atoms with Gasteiger partial charge in [0.05, 0.1) is 30.7 Å². The summed E-state index contributed by atoms with van der Waals surface area (Å²) >= 11 is 0. The first kappa shape index (κ1) is 21.9. The number of nitrogens with one attached hydrogen (secondary N) is 2. The Hall–Kier alpha value is -2.37. The smallest absolute Gasteiger partial charge is 0.337 e. The van der Waals surface area contributed by atoms with Gasteiger partial charge in [-0.1, -0.05) is 0 Å². The summed E-state index contributed by atoms with van der Waals surface area (Å²) in [6, 6.07) is 4.46. The van der Waals surface area contributed by atoms with E-state index in [-0.39, 0.29) is 23.7 Å². The van der Waals surface area contributed by atoms with E-state index in [1.165, 1.54) is 6.07 Å². The van der Waals surface area contributed by atoms with Crippen molar-refractivity contribution in [3.05, 3.63) is 23.8 Å². The Labute approximate surface area is 164 Å². The number of piperazine rings is 1. The van der Waals surface area contributed by atoms with Crippen LogP contribution in [0.4, 0.5) is 11.4 Å². The lowest BCUT2D eigenvalue weighted by Crippen LogP contribution is -2.50. The van der Waals surface area contributed by atoms with Crippen molar-refractivity contribution in [1.29, 1.82) is 0 Å². The zero-order valence-electron chi connectivity index (χ0n) is 16.0. The number of hydrogen-bond acceptors (Lipinski definition) is 7. The molecule has 28 heavy (non-hydrogen) atoms. The van der Waals surface area contributed by atoms with Crippen molar-refractivity contribution in [3.8, 4) is 0 Å². The van der Waals surface area contributed by atoms with Crippen molar-refractivity contribution < 1.29 is 27.9 Å². The number of carboxylic acid groups (broad SMARTS) is 1. The molecule has 1 aromatic carbocycles. The van der Waals surface area contributed by atoms with Gasteiger partial charge in [-0.05, 0) is 18.2 Å². The Morgan fingerprint density at radius 3 is 2.46 bits per heavy atom. The molecule has 0 spiro atoms. The minimum atomic E-state index is -3.49. The molecular weight excluding hydrogens is 388 g/mol. The van der Waals surface area contributed by atoms with Gasteiger partial charge in [0.25, 0.3) is 0 Å². The number of nitrogens with zero attached hydrogens (tertiary/aromatic N) is 2.